The van der Waals surface area contributed by atoms with Gasteiger partial charge >= 0.3 is 0 Å². The van der Waals surface area contributed by atoms with Crippen molar-refractivity contribution >= 4 is 18.0 Å². The van der Waals surface area contributed by atoms with E-state index in [-0.39, 0.29) is 0 Å². The Hall–Kier alpha value is -2.19. The fraction of sp³-hybridized carbons (Fsp3) is 0.312. The molecular weight excluding hydrogens is 280 g/mol. The summed E-state index contributed by atoms with van der Waals surface area (Å²) < 4.78 is 2.32. The lowest BCUT2D eigenvalue weighted by Gasteiger charge is -2.28. The number of rotatable bonds is 2. The first-order chi connectivity index (χ1) is 10.3. The molecule has 1 aromatic heterocycles. The van der Waals surface area contributed by atoms with Crippen molar-refractivity contribution < 1.29 is 0 Å². The van der Waals surface area contributed by atoms with Crippen molar-refractivity contribution in [1.29, 1.82) is 5.26 Å². The van der Waals surface area contributed by atoms with Crippen LogP contribution in [-0.4, -0.2) is 22.6 Å². The number of nitriles is 1. The van der Waals surface area contributed by atoms with E-state index in [1.54, 1.807) is 10.9 Å². The summed E-state index contributed by atoms with van der Waals surface area (Å²) in [6, 6.07) is 12.0. The van der Waals surface area contributed by atoms with Gasteiger partial charge in [-0.3, -0.25) is 4.57 Å². The van der Waals surface area contributed by atoms with Crippen LogP contribution in [0.5, 0.6) is 0 Å². The molecule has 0 radical (unpaired) electrons. The predicted octanol–water partition coefficient (Wildman–Crippen LogP) is 3.46. The zero-order valence-electron chi connectivity index (χ0n) is 11.7. The Morgan fingerprint density at radius 2 is 1.81 bits per heavy atom. The SMILES string of the molecule is N#Cc1c(N2CCCCC2)ncn(-c2ccccc2)c1=S. The quantitative estimate of drug-likeness (QED) is 0.796. The minimum atomic E-state index is 0.498. The average Bonchev–Trinajstić information content (AvgIpc) is 2.56. The first-order valence-corrected chi connectivity index (χ1v) is 7.54. The number of para-hydroxylation sites is 1. The summed E-state index contributed by atoms with van der Waals surface area (Å²) in [4.78, 5) is 6.68. The maximum atomic E-state index is 9.50. The van der Waals surface area contributed by atoms with Gasteiger partial charge in [0.25, 0.3) is 0 Å². The highest BCUT2D eigenvalue weighted by molar-refractivity contribution is 7.71. The Morgan fingerprint density at radius 3 is 2.48 bits per heavy atom. The van der Waals surface area contributed by atoms with Crippen LogP contribution in [-0.2, 0) is 0 Å². The van der Waals surface area contributed by atoms with E-state index in [0.717, 1.165) is 37.4 Å². The molecule has 1 saturated heterocycles. The Morgan fingerprint density at radius 1 is 1.10 bits per heavy atom. The van der Waals surface area contributed by atoms with Crippen LogP contribution in [0.25, 0.3) is 5.69 Å². The van der Waals surface area contributed by atoms with E-state index >= 15 is 0 Å². The van der Waals surface area contributed by atoms with Crippen molar-refractivity contribution in [2.45, 2.75) is 19.3 Å². The third-order valence-electron chi connectivity index (χ3n) is 3.75. The molecule has 3 rings (SSSR count). The first kappa shape index (κ1) is 13.8. The minimum absolute atomic E-state index is 0.498. The predicted molar refractivity (Wildman–Crippen MR) is 85.2 cm³/mol. The van der Waals surface area contributed by atoms with E-state index in [0.29, 0.717) is 10.2 Å². The molecule has 1 aromatic carbocycles. The topological polar surface area (TPSA) is 44.9 Å². The molecule has 4 nitrogen and oxygen atoms in total. The smallest absolute Gasteiger partial charge is 0.151 e. The summed E-state index contributed by atoms with van der Waals surface area (Å²) in [7, 11) is 0. The van der Waals surface area contributed by atoms with Gasteiger partial charge in [-0.2, -0.15) is 5.26 Å². The molecule has 0 saturated carbocycles. The number of aromatic nitrogens is 2. The van der Waals surface area contributed by atoms with Gasteiger partial charge < -0.3 is 4.90 Å². The molecule has 0 atom stereocenters. The molecule has 0 unspecified atom stereocenters. The fourth-order valence-corrected chi connectivity index (χ4v) is 2.95. The van der Waals surface area contributed by atoms with E-state index in [9.17, 15) is 5.26 Å². The second-order valence-electron chi connectivity index (χ2n) is 5.11. The molecule has 21 heavy (non-hydrogen) atoms. The zero-order valence-corrected chi connectivity index (χ0v) is 12.5. The summed E-state index contributed by atoms with van der Waals surface area (Å²) >= 11 is 5.50. The first-order valence-electron chi connectivity index (χ1n) is 7.13. The highest BCUT2D eigenvalue weighted by Gasteiger charge is 2.18. The maximum absolute atomic E-state index is 9.50. The number of hydrogen-bond acceptors (Lipinski definition) is 4. The fourth-order valence-electron chi connectivity index (χ4n) is 2.66. The lowest BCUT2D eigenvalue weighted by molar-refractivity contribution is 0.572. The highest BCUT2D eigenvalue weighted by atomic mass is 32.1. The Labute approximate surface area is 129 Å². The summed E-state index contributed by atoms with van der Waals surface area (Å²) in [5.41, 5.74) is 1.43. The largest absolute Gasteiger partial charge is 0.355 e. The number of piperidine rings is 1. The normalized spacial score (nSPS) is 14.7. The zero-order chi connectivity index (χ0) is 14.7. The van der Waals surface area contributed by atoms with Crippen LogP contribution in [0.1, 0.15) is 24.8 Å². The molecule has 0 bridgehead atoms. The maximum Gasteiger partial charge on any atom is 0.151 e. The number of hydrogen-bond donors (Lipinski definition) is 0. The molecule has 0 amide bonds. The van der Waals surface area contributed by atoms with Crippen molar-refractivity contribution in [3.63, 3.8) is 0 Å². The lowest BCUT2D eigenvalue weighted by atomic mass is 10.1. The van der Waals surface area contributed by atoms with Gasteiger partial charge in [0.2, 0.25) is 0 Å². The molecule has 106 valence electrons. The molecule has 5 heteroatoms. The molecule has 2 heterocycles. The Balaban J connectivity index is 2.08. The summed E-state index contributed by atoms with van der Waals surface area (Å²) in [6.07, 6.45) is 5.26. The van der Waals surface area contributed by atoms with Crippen LogP contribution in [0.15, 0.2) is 36.7 Å². The average molecular weight is 296 g/mol. The van der Waals surface area contributed by atoms with Crippen molar-refractivity contribution in [2.75, 3.05) is 18.0 Å². The summed E-state index contributed by atoms with van der Waals surface area (Å²) in [5, 5.41) is 9.50. The lowest BCUT2D eigenvalue weighted by Crippen LogP contribution is -2.31. The number of nitrogens with zero attached hydrogens (tertiary/aromatic N) is 4. The van der Waals surface area contributed by atoms with Gasteiger partial charge in [0, 0.05) is 18.8 Å². The van der Waals surface area contributed by atoms with Crippen LogP contribution in [0.4, 0.5) is 5.82 Å². The van der Waals surface area contributed by atoms with Crippen molar-refractivity contribution in [3.8, 4) is 11.8 Å². The molecule has 1 fully saturated rings. The molecule has 0 N–H and O–H groups in total. The van der Waals surface area contributed by atoms with Gasteiger partial charge in [-0.1, -0.05) is 30.4 Å². The summed E-state index contributed by atoms with van der Waals surface area (Å²) in [5.74, 6) is 0.731. The van der Waals surface area contributed by atoms with Gasteiger partial charge in [0.05, 0.1) is 0 Å². The third kappa shape index (κ3) is 2.67. The molecule has 2 aromatic rings. The molecule has 1 aliphatic heterocycles. The minimum Gasteiger partial charge on any atom is -0.355 e. The molecular formula is C16H16N4S. The molecule has 1 aliphatic rings. The van der Waals surface area contributed by atoms with Crippen molar-refractivity contribution in [3.05, 3.63) is 46.9 Å². The van der Waals surface area contributed by atoms with Crippen molar-refractivity contribution in [2.24, 2.45) is 0 Å². The highest BCUT2D eigenvalue weighted by Crippen LogP contribution is 2.23. The van der Waals surface area contributed by atoms with Gasteiger partial charge in [-0.15, -0.1) is 0 Å². The Kier molecular flexibility index (Phi) is 3.98. The standard InChI is InChI=1S/C16H16N4S/c17-11-14-15(19-9-5-2-6-10-19)18-12-20(16(14)21)13-7-3-1-4-8-13/h1,3-4,7-8,12H,2,5-6,9-10H2. The van der Waals surface area contributed by atoms with Crippen molar-refractivity contribution in [1.82, 2.24) is 9.55 Å². The van der Waals surface area contributed by atoms with E-state index in [1.165, 1.54) is 6.42 Å². The van der Waals surface area contributed by atoms with Crippen LogP contribution in [0.2, 0.25) is 0 Å². The molecule has 0 aliphatic carbocycles. The molecule has 0 spiro atoms. The van der Waals surface area contributed by atoms with Gasteiger partial charge in [0.1, 0.15) is 22.6 Å². The Bertz CT molecular complexity index is 724. The number of benzene rings is 1. The van der Waals surface area contributed by atoms with Gasteiger partial charge in [-0.05, 0) is 31.4 Å². The summed E-state index contributed by atoms with van der Waals surface area (Å²) in [6.45, 7) is 1.90. The van der Waals surface area contributed by atoms with E-state index < -0.39 is 0 Å². The van der Waals surface area contributed by atoms with Crippen LogP contribution in [0.3, 0.4) is 0 Å². The van der Waals surface area contributed by atoms with Crippen LogP contribution >= 0.6 is 12.2 Å². The number of anilines is 1. The van der Waals surface area contributed by atoms with E-state index in [4.69, 9.17) is 12.2 Å². The van der Waals surface area contributed by atoms with Crippen LogP contribution < -0.4 is 4.90 Å². The second-order valence-corrected chi connectivity index (χ2v) is 5.50. The van der Waals surface area contributed by atoms with E-state index in [2.05, 4.69) is 16.0 Å². The third-order valence-corrected chi connectivity index (χ3v) is 4.15. The van der Waals surface area contributed by atoms with Gasteiger partial charge in [-0.25, -0.2) is 4.98 Å². The van der Waals surface area contributed by atoms with E-state index in [1.807, 2.05) is 30.3 Å². The monoisotopic (exact) mass is 296 g/mol. The van der Waals surface area contributed by atoms with Crippen LogP contribution in [0, 0.1) is 16.0 Å². The van der Waals surface area contributed by atoms with Gasteiger partial charge in [0.15, 0.2) is 5.82 Å². The second kappa shape index (κ2) is 6.06.